The molecule has 61 heavy (non-hydrogen) atoms. The molecule has 2 spiro atoms. The summed E-state index contributed by atoms with van der Waals surface area (Å²) in [6.07, 6.45) is 5.14. The summed E-state index contributed by atoms with van der Waals surface area (Å²) in [5.74, 6) is -6.88. The molecule has 4 fully saturated rings. The van der Waals surface area contributed by atoms with Crippen molar-refractivity contribution in [1.82, 2.24) is 9.80 Å². The van der Waals surface area contributed by atoms with Crippen LogP contribution in [0.15, 0.2) is 96.8 Å². The van der Waals surface area contributed by atoms with Crippen LogP contribution < -0.4 is 9.47 Å². The number of ether oxygens (including phenoxy) is 2. The fraction of sp³-hybridized carbons (Fsp3) is 0.367. The molecule has 4 saturated heterocycles. The number of piperidine rings is 2. The molecule has 0 aromatic heterocycles. The molecular weight excluding hydrogens is 777 g/mol. The lowest BCUT2D eigenvalue weighted by Gasteiger charge is -2.40. The summed E-state index contributed by atoms with van der Waals surface area (Å²) in [6, 6.07) is 21.8. The van der Waals surface area contributed by atoms with E-state index in [2.05, 4.69) is 0 Å². The van der Waals surface area contributed by atoms with E-state index in [9.17, 15) is 15.3 Å². The number of aliphatic hydroxyl groups excluding tert-OH is 1. The molecule has 312 valence electrons. The van der Waals surface area contributed by atoms with E-state index < -0.39 is 75.7 Å². The molecule has 4 aromatic rings. The Morgan fingerprint density at radius 1 is 0.639 bits per heavy atom. The summed E-state index contributed by atoms with van der Waals surface area (Å²) >= 11 is 0. The summed E-state index contributed by atoms with van der Waals surface area (Å²) in [5, 5.41) is 34.6. The lowest BCUT2D eigenvalue weighted by atomic mass is 9.69. The first kappa shape index (κ1) is 39.1. The second-order valence-corrected chi connectivity index (χ2v) is 17.3. The monoisotopic (exact) mass is 822 g/mol. The molecule has 4 heterocycles. The van der Waals surface area contributed by atoms with Gasteiger partial charge in [-0.1, -0.05) is 73.5 Å². The van der Waals surface area contributed by atoms with Crippen molar-refractivity contribution in [2.75, 3.05) is 27.3 Å². The normalized spacial score (nSPS) is 27.6. The first-order valence-corrected chi connectivity index (χ1v) is 21.1. The first-order valence-electron chi connectivity index (χ1n) is 21.1. The zero-order valence-electron chi connectivity index (χ0n) is 33.9. The van der Waals surface area contributed by atoms with Crippen LogP contribution in [0.2, 0.25) is 0 Å². The van der Waals surface area contributed by atoms with Crippen LogP contribution in [0.3, 0.4) is 0 Å². The molecule has 10 rings (SSSR count). The second-order valence-electron chi connectivity index (χ2n) is 17.3. The molecule has 6 aliphatic rings. The number of ketones is 5. The van der Waals surface area contributed by atoms with Crippen LogP contribution in [0.5, 0.6) is 23.0 Å². The maximum Gasteiger partial charge on any atom is 0.192 e. The summed E-state index contributed by atoms with van der Waals surface area (Å²) < 4.78 is 10.9. The van der Waals surface area contributed by atoms with Gasteiger partial charge in [-0.25, -0.2) is 0 Å². The number of allylic oxidation sites excluding steroid dienone is 1. The number of hydrogen-bond donors (Lipinski definition) is 3. The number of fused-ring (bicyclic) bond motifs is 6. The molecule has 2 aliphatic carbocycles. The third-order valence-electron chi connectivity index (χ3n) is 14.8. The average molecular weight is 823 g/mol. The van der Waals surface area contributed by atoms with Crippen LogP contribution in [0.4, 0.5) is 0 Å². The van der Waals surface area contributed by atoms with Gasteiger partial charge in [-0.15, -0.1) is 0 Å². The van der Waals surface area contributed by atoms with Gasteiger partial charge in [0.15, 0.2) is 63.0 Å². The van der Waals surface area contributed by atoms with Gasteiger partial charge in [0.2, 0.25) is 0 Å². The summed E-state index contributed by atoms with van der Waals surface area (Å²) in [5.41, 5.74) is -1.70. The molecule has 6 atom stereocenters. The number of hydrogen-bond acceptors (Lipinski definition) is 12. The van der Waals surface area contributed by atoms with Crippen LogP contribution in [-0.4, -0.2) is 105 Å². The third kappa shape index (κ3) is 5.15. The number of Topliss-reactive ketones (excluding diaryl/α,β-unsaturated/α-hetero) is 4. The van der Waals surface area contributed by atoms with E-state index in [1.54, 1.807) is 72.8 Å². The molecule has 0 amide bonds. The Balaban J connectivity index is 1.17. The minimum Gasteiger partial charge on any atom is -0.512 e. The van der Waals surface area contributed by atoms with Gasteiger partial charge in [0.05, 0.1) is 20.1 Å². The van der Waals surface area contributed by atoms with Gasteiger partial charge in [-0.05, 0) is 74.2 Å². The summed E-state index contributed by atoms with van der Waals surface area (Å²) in [6.45, 7) is 0.762. The van der Waals surface area contributed by atoms with Gasteiger partial charge >= 0.3 is 0 Å². The fourth-order valence-electron chi connectivity index (χ4n) is 12.5. The summed E-state index contributed by atoms with van der Waals surface area (Å²) in [4.78, 5) is 79.7. The van der Waals surface area contributed by atoms with E-state index in [-0.39, 0.29) is 51.0 Å². The van der Waals surface area contributed by atoms with E-state index in [1.165, 1.54) is 26.4 Å². The van der Waals surface area contributed by atoms with E-state index >= 15 is 24.0 Å². The Morgan fingerprint density at radius 3 is 1.72 bits per heavy atom. The number of nitrogens with zero attached hydrogens (tertiary/aromatic N) is 2. The van der Waals surface area contributed by atoms with Crippen molar-refractivity contribution in [3.05, 3.63) is 130 Å². The maximum absolute atomic E-state index is 15.7. The highest BCUT2D eigenvalue weighted by Gasteiger charge is 2.73. The molecule has 12 nitrogen and oxygen atoms in total. The minimum absolute atomic E-state index is 0.110. The molecule has 0 radical (unpaired) electrons. The largest absolute Gasteiger partial charge is 0.512 e. The van der Waals surface area contributed by atoms with Gasteiger partial charge < -0.3 is 24.8 Å². The van der Waals surface area contributed by atoms with Crippen molar-refractivity contribution in [3.8, 4) is 23.0 Å². The standard InChI is InChI=1S/C49H46N2O10/c1-60-38-20-18-26(23-35(38)53)40-32-15-7-9-21-50(32)49(46(58)30-13-5-6-14-31(30)47(49)59)43(40)37(55)25-36(54)41-33-16-8-10-22-51(33)48(42(41)27-17-19-34(52)39(24-27)61-2)44(56)28-11-3-4-12-29(28)45(48)57/h3-6,11-14,17-20,23-25,32-33,40-43,52-54H,7-10,15-16,21-22H2,1-2H3/b36-25-. The zero-order valence-corrected chi connectivity index (χ0v) is 33.9. The molecule has 4 aromatic carbocycles. The Kier molecular flexibility index (Phi) is 9.12. The van der Waals surface area contributed by atoms with Crippen LogP contribution in [0.1, 0.15) is 103 Å². The summed E-state index contributed by atoms with van der Waals surface area (Å²) in [7, 11) is 2.83. The third-order valence-corrected chi connectivity index (χ3v) is 14.8. The molecule has 3 N–H and O–H groups in total. The number of methoxy groups -OCH3 is 2. The quantitative estimate of drug-likeness (QED) is 0.104. The van der Waals surface area contributed by atoms with Crippen molar-refractivity contribution in [1.29, 1.82) is 0 Å². The fourth-order valence-corrected chi connectivity index (χ4v) is 12.5. The number of aromatic hydroxyl groups is 2. The molecule has 6 unspecified atom stereocenters. The van der Waals surface area contributed by atoms with Crippen LogP contribution in [0, 0.1) is 11.8 Å². The number of aliphatic hydroxyl groups is 1. The smallest absolute Gasteiger partial charge is 0.192 e. The van der Waals surface area contributed by atoms with Gasteiger partial charge in [-0.2, -0.15) is 0 Å². The SMILES string of the molecule is COc1ccc(C2C3CCCCN3C3(C(=O)c4ccccc4C3=O)C2C(=O)/C=C(\O)C2C3CCCCN3C3(C(=O)c4ccccc4C3=O)C2c2ccc(O)c(OC)c2)cc1O. The zero-order chi connectivity index (χ0) is 42.5. The van der Waals surface area contributed by atoms with Gasteiger partial charge in [0.25, 0.3) is 0 Å². The predicted octanol–water partition coefficient (Wildman–Crippen LogP) is 6.60. The van der Waals surface area contributed by atoms with E-state index in [1.807, 2.05) is 9.80 Å². The van der Waals surface area contributed by atoms with Gasteiger partial charge in [0.1, 0.15) is 5.76 Å². The Labute approximate surface area is 352 Å². The van der Waals surface area contributed by atoms with E-state index in [0.29, 0.717) is 49.9 Å². The van der Waals surface area contributed by atoms with E-state index in [4.69, 9.17) is 9.47 Å². The number of phenols is 2. The predicted molar refractivity (Wildman–Crippen MR) is 222 cm³/mol. The van der Waals surface area contributed by atoms with Crippen molar-refractivity contribution in [2.24, 2.45) is 11.8 Å². The second kappa shape index (κ2) is 14.2. The maximum atomic E-state index is 15.7. The highest BCUT2D eigenvalue weighted by atomic mass is 16.5. The first-order chi connectivity index (χ1) is 29.5. The molecule has 0 saturated carbocycles. The average Bonchev–Trinajstić information content (AvgIpc) is 3.92. The van der Waals surface area contributed by atoms with Crippen LogP contribution in [0.25, 0.3) is 0 Å². The van der Waals surface area contributed by atoms with Gasteiger partial charge in [0, 0.05) is 58.2 Å². The van der Waals surface area contributed by atoms with Crippen molar-refractivity contribution < 1.29 is 48.8 Å². The number of carbonyl (C=O) groups is 5. The molecule has 0 bridgehead atoms. The van der Waals surface area contributed by atoms with Crippen LogP contribution in [-0.2, 0) is 4.79 Å². The van der Waals surface area contributed by atoms with Gasteiger partial charge in [-0.3, -0.25) is 33.8 Å². The van der Waals surface area contributed by atoms with Crippen LogP contribution >= 0.6 is 0 Å². The minimum atomic E-state index is -1.93. The van der Waals surface area contributed by atoms with E-state index in [0.717, 1.165) is 18.9 Å². The number of rotatable bonds is 7. The highest BCUT2D eigenvalue weighted by molar-refractivity contribution is 6.35. The van der Waals surface area contributed by atoms with Crippen molar-refractivity contribution in [3.63, 3.8) is 0 Å². The highest BCUT2D eigenvalue weighted by Crippen LogP contribution is 2.61. The lowest BCUT2D eigenvalue weighted by Crippen LogP contribution is -2.60. The molecular formula is C49H46N2O10. The molecule has 12 heteroatoms. The Bertz CT molecular complexity index is 2530. The van der Waals surface area contributed by atoms with Crippen molar-refractivity contribution in [2.45, 2.75) is 73.5 Å². The number of benzene rings is 4. The number of carbonyl (C=O) groups excluding carboxylic acids is 5. The lowest BCUT2D eigenvalue weighted by molar-refractivity contribution is -0.120. The van der Waals surface area contributed by atoms with Crippen molar-refractivity contribution >= 4 is 28.9 Å². The number of phenolic OH excluding ortho intramolecular Hbond substituents is 2. The Morgan fingerprint density at radius 2 is 1.16 bits per heavy atom. The topological polar surface area (TPSA) is 171 Å². The molecule has 4 aliphatic heterocycles. The Hall–Kier alpha value is -6.11.